The SMILES string of the molecule is CCN(Cc1ccncc1)c1cc(N)ccc1C. The molecule has 0 atom stereocenters. The lowest BCUT2D eigenvalue weighted by molar-refractivity contribution is 0.827. The molecular weight excluding hydrogens is 222 g/mol. The molecule has 1 aromatic carbocycles. The van der Waals surface area contributed by atoms with Crippen LogP contribution in [-0.4, -0.2) is 11.5 Å². The zero-order valence-electron chi connectivity index (χ0n) is 10.9. The van der Waals surface area contributed by atoms with E-state index in [0.29, 0.717) is 0 Å². The minimum atomic E-state index is 0.809. The Morgan fingerprint density at radius 2 is 1.89 bits per heavy atom. The quantitative estimate of drug-likeness (QED) is 0.837. The molecule has 2 rings (SSSR count). The van der Waals surface area contributed by atoms with Gasteiger partial charge in [0.25, 0.3) is 0 Å². The van der Waals surface area contributed by atoms with E-state index in [1.165, 1.54) is 16.8 Å². The molecule has 0 amide bonds. The highest BCUT2D eigenvalue weighted by atomic mass is 15.1. The fraction of sp³-hybridized carbons (Fsp3) is 0.267. The molecule has 94 valence electrons. The van der Waals surface area contributed by atoms with Gasteiger partial charge in [-0.1, -0.05) is 6.07 Å². The molecule has 0 unspecified atom stereocenters. The van der Waals surface area contributed by atoms with Gasteiger partial charge < -0.3 is 10.6 Å². The van der Waals surface area contributed by atoms with Gasteiger partial charge in [0, 0.05) is 36.9 Å². The molecule has 0 saturated heterocycles. The van der Waals surface area contributed by atoms with Crippen LogP contribution < -0.4 is 10.6 Å². The average molecular weight is 241 g/mol. The number of nitrogens with zero attached hydrogens (tertiary/aromatic N) is 2. The summed E-state index contributed by atoms with van der Waals surface area (Å²) in [5.74, 6) is 0. The minimum Gasteiger partial charge on any atom is -0.399 e. The molecule has 0 spiro atoms. The monoisotopic (exact) mass is 241 g/mol. The highest BCUT2D eigenvalue weighted by molar-refractivity contribution is 5.61. The lowest BCUT2D eigenvalue weighted by atomic mass is 10.1. The van der Waals surface area contributed by atoms with Crippen LogP contribution >= 0.6 is 0 Å². The maximum Gasteiger partial charge on any atom is 0.0430 e. The van der Waals surface area contributed by atoms with Crippen molar-refractivity contribution in [3.8, 4) is 0 Å². The van der Waals surface area contributed by atoms with Gasteiger partial charge in [0.15, 0.2) is 0 Å². The molecule has 18 heavy (non-hydrogen) atoms. The molecule has 2 N–H and O–H groups in total. The number of aromatic nitrogens is 1. The lowest BCUT2D eigenvalue weighted by Gasteiger charge is -2.25. The number of hydrogen-bond acceptors (Lipinski definition) is 3. The Hall–Kier alpha value is -2.03. The second kappa shape index (κ2) is 5.54. The van der Waals surface area contributed by atoms with Crippen LogP contribution in [0.2, 0.25) is 0 Å². The number of rotatable bonds is 4. The number of nitrogen functional groups attached to an aromatic ring is 1. The molecule has 0 aliphatic carbocycles. The Bertz CT molecular complexity index is 508. The summed E-state index contributed by atoms with van der Waals surface area (Å²) in [6.45, 7) is 6.10. The van der Waals surface area contributed by atoms with Crippen molar-refractivity contribution in [1.82, 2.24) is 4.98 Å². The van der Waals surface area contributed by atoms with E-state index >= 15 is 0 Å². The number of anilines is 2. The van der Waals surface area contributed by atoms with Crippen molar-refractivity contribution in [3.63, 3.8) is 0 Å². The third-order valence-corrected chi connectivity index (χ3v) is 3.08. The number of nitrogens with two attached hydrogens (primary N) is 1. The predicted octanol–water partition coefficient (Wildman–Crippen LogP) is 3.00. The zero-order chi connectivity index (χ0) is 13.0. The Labute approximate surface area is 108 Å². The van der Waals surface area contributed by atoms with E-state index < -0.39 is 0 Å². The van der Waals surface area contributed by atoms with Crippen LogP contribution in [0.3, 0.4) is 0 Å². The first-order chi connectivity index (χ1) is 8.70. The molecule has 0 aliphatic rings. The van der Waals surface area contributed by atoms with Crippen LogP contribution in [-0.2, 0) is 6.54 Å². The van der Waals surface area contributed by atoms with Crippen LogP contribution in [0.1, 0.15) is 18.1 Å². The van der Waals surface area contributed by atoms with E-state index in [1.54, 1.807) is 0 Å². The van der Waals surface area contributed by atoms with Crippen molar-refractivity contribution in [2.24, 2.45) is 0 Å². The van der Waals surface area contributed by atoms with Crippen LogP contribution in [0.15, 0.2) is 42.7 Å². The van der Waals surface area contributed by atoms with E-state index in [2.05, 4.69) is 29.8 Å². The molecule has 0 radical (unpaired) electrons. The first-order valence-electron chi connectivity index (χ1n) is 6.20. The fourth-order valence-electron chi connectivity index (χ4n) is 2.04. The van der Waals surface area contributed by atoms with Crippen LogP contribution in [0.5, 0.6) is 0 Å². The summed E-state index contributed by atoms with van der Waals surface area (Å²) in [7, 11) is 0. The third kappa shape index (κ3) is 2.80. The molecular formula is C15H19N3. The Morgan fingerprint density at radius 1 is 1.17 bits per heavy atom. The maximum absolute atomic E-state index is 5.88. The minimum absolute atomic E-state index is 0.809. The smallest absolute Gasteiger partial charge is 0.0430 e. The van der Waals surface area contributed by atoms with Crippen molar-refractivity contribution in [2.45, 2.75) is 20.4 Å². The van der Waals surface area contributed by atoms with E-state index in [-0.39, 0.29) is 0 Å². The Morgan fingerprint density at radius 3 is 2.56 bits per heavy atom. The lowest BCUT2D eigenvalue weighted by Crippen LogP contribution is -2.23. The molecule has 1 aromatic heterocycles. The van der Waals surface area contributed by atoms with Crippen molar-refractivity contribution < 1.29 is 0 Å². The fourth-order valence-corrected chi connectivity index (χ4v) is 2.04. The van der Waals surface area contributed by atoms with Crippen molar-refractivity contribution in [2.75, 3.05) is 17.2 Å². The van der Waals surface area contributed by atoms with Gasteiger partial charge in [0.05, 0.1) is 0 Å². The van der Waals surface area contributed by atoms with Gasteiger partial charge in [0.2, 0.25) is 0 Å². The number of pyridine rings is 1. The Kier molecular flexibility index (Phi) is 3.82. The van der Waals surface area contributed by atoms with Gasteiger partial charge in [-0.15, -0.1) is 0 Å². The van der Waals surface area contributed by atoms with Gasteiger partial charge >= 0.3 is 0 Å². The Balaban J connectivity index is 2.26. The highest BCUT2D eigenvalue weighted by Gasteiger charge is 2.08. The first-order valence-corrected chi connectivity index (χ1v) is 6.20. The molecule has 2 aromatic rings. The summed E-state index contributed by atoms with van der Waals surface area (Å²) in [6, 6.07) is 10.1. The first kappa shape index (κ1) is 12.4. The van der Waals surface area contributed by atoms with Gasteiger partial charge in [-0.05, 0) is 49.2 Å². The van der Waals surface area contributed by atoms with Crippen LogP contribution in [0.25, 0.3) is 0 Å². The summed E-state index contributed by atoms with van der Waals surface area (Å²) >= 11 is 0. The van der Waals surface area contributed by atoms with E-state index in [0.717, 1.165) is 18.8 Å². The highest BCUT2D eigenvalue weighted by Crippen LogP contribution is 2.24. The summed E-state index contributed by atoms with van der Waals surface area (Å²) in [5.41, 5.74) is 10.4. The molecule has 3 heteroatoms. The normalized spacial score (nSPS) is 10.3. The zero-order valence-corrected chi connectivity index (χ0v) is 10.9. The van der Waals surface area contributed by atoms with E-state index in [4.69, 9.17) is 5.73 Å². The summed E-state index contributed by atoms with van der Waals surface area (Å²) in [4.78, 5) is 6.36. The standard InChI is InChI=1S/C15H19N3/c1-3-18(11-13-6-8-17-9-7-13)15-10-14(16)5-4-12(15)2/h4-10H,3,11,16H2,1-2H3. The molecule has 0 fully saturated rings. The number of aryl methyl sites for hydroxylation is 1. The second-order valence-corrected chi connectivity index (χ2v) is 4.42. The molecule has 1 heterocycles. The van der Waals surface area contributed by atoms with Gasteiger partial charge in [-0.2, -0.15) is 0 Å². The van der Waals surface area contributed by atoms with Crippen molar-refractivity contribution in [3.05, 3.63) is 53.9 Å². The van der Waals surface area contributed by atoms with Gasteiger partial charge in [-0.25, -0.2) is 0 Å². The summed E-state index contributed by atoms with van der Waals surface area (Å²) < 4.78 is 0. The molecule has 0 bridgehead atoms. The van der Waals surface area contributed by atoms with E-state index in [9.17, 15) is 0 Å². The van der Waals surface area contributed by atoms with Gasteiger partial charge in [-0.3, -0.25) is 4.98 Å². The predicted molar refractivity (Wildman–Crippen MR) is 76.6 cm³/mol. The van der Waals surface area contributed by atoms with E-state index in [1.807, 2.05) is 36.7 Å². The third-order valence-electron chi connectivity index (χ3n) is 3.08. The van der Waals surface area contributed by atoms with Crippen LogP contribution in [0, 0.1) is 6.92 Å². The number of benzene rings is 1. The maximum atomic E-state index is 5.88. The number of hydrogen-bond donors (Lipinski definition) is 1. The largest absolute Gasteiger partial charge is 0.399 e. The van der Waals surface area contributed by atoms with Crippen molar-refractivity contribution in [1.29, 1.82) is 0 Å². The summed E-state index contributed by atoms with van der Waals surface area (Å²) in [5, 5.41) is 0. The molecule has 3 nitrogen and oxygen atoms in total. The average Bonchev–Trinajstić information content (AvgIpc) is 2.40. The topological polar surface area (TPSA) is 42.2 Å². The second-order valence-electron chi connectivity index (χ2n) is 4.42. The van der Waals surface area contributed by atoms with Crippen LogP contribution in [0.4, 0.5) is 11.4 Å². The summed E-state index contributed by atoms with van der Waals surface area (Å²) in [6.07, 6.45) is 3.66. The van der Waals surface area contributed by atoms with Gasteiger partial charge in [0.1, 0.15) is 0 Å². The molecule has 0 saturated carbocycles. The van der Waals surface area contributed by atoms with Crippen molar-refractivity contribution >= 4 is 11.4 Å². The molecule has 0 aliphatic heterocycles.